The molecule has 0 aliphatic carbocycles. The van der Waals surface area contributed by atoms with Crippen LogP contribution in [0, 0.1) is 0 Å². The van der Waals surface area contributed by atoms with E-state index in [1.807, 2.05) is 44.2 Å². The summed E-state index contributed by atoms with van der Waals surface area (Å²) in [7, 11) is 0. The van der Waals surface area contributed by atoms with Gasteiger partial charge in [-0.05, 0) is 18.9 Å². The number of nitrogens with one attached hydrogen (secondary N) is 1. The van der Waals surface area contributed by atoms with Crippen LogP contribution in [-0.2, 0) is 11.3 Å². The molecule has 1 aromatic rings. The zero-order valence-electron chi connectivity index (χ0n) is 12.7. The van der Waals surface area contributed by atoms with Crippen molar-refractivity contribution in [3.63, 3.8) is 0 Å². The Hall–Kier alpha value is -2.04. The Kier molecular flexibility index (Phi) is 5.20. The van der Waals surface area contributed by atoms with Crippen LogP contribution in [0.3, 0.4) is 0 Å². The molecule has 0 radical (unpaired) electrons. The molecule has 1 aliphatic rings. The van der Waals surface area contributed by atoms with E-state index in [2.05, 4.69) is 5.32 Å². The third-order valence-corrected chi connectivity index (χ3v) is 3.75. The molecule has 1 aliphatic heterocycles. The van der Waals surface area contributed by atoms with Gasteiger partial charge in [0, 0.05) is 25.7 Å². The first-order valence-corrected chi connectivity index (χ1v) is 7.47. The zero-order chi connectivity index (χ0) is 15.2. The Balaban J connectivity index is 1.85. The maximum atomic E-state index is 12.3. The lowest BCUT2D eigenvalue weighted by atomic mass is 10.2. The second-order valence-corrected chi connectivity index (χ2v) is 5.49. The van der Waals surface area contributed by atoms with Gasteiger partial charge < -0.3 is 15.1 Å². The largest absolute Gasteiger partial charge is 0.352 e. The number of urea groups is 1. The summed E-state index contributed by atoms with van der Waals surface area (Å²) in [5, 5.41) is 2.89. The van der Waals surface area contributed by atoms with Gasteiger partial charge >= 0.3 is 6.03 Å². The number of hydrogen-bond acceptors (Lipinski definition) is 2. The monoisotopic (exact) mass is 289 g/mol. The lowest BCUT2D eigenvalue weighted by molar-refractivity contribution is -0.122. The van der Waals surface area contributed by atoms with Crippen molar-refractivity contribution in [1.29, 1.82) is 0 Å². The molecular formula is C16H23N3O2. The van der Waals surface area contributed by atoms with Crippen molar-refractivity contribution in [2.75, 3.05) is 19.6 Å². The Morgan fingerprint density at radius 3 is 2.57 bits per heavy atom. The standard InChI is InChI=1S/C16H23N3O2/c1-3-13(2)17-15(20)12-19-10-9-18(16(19)21)11-14-7-5-4-6-8-14/h4-8,13H,3,9-12H2,1-2H3,(H,17,20). The molecule has 1 atom stereocenters. The summed E-state index contributed by atoms with van der Waals surface area (Å²) < 4.78 is 0. The summed E-state index contributed by atoms with van der Waals surface area (Å²) in [5.41, 5.74) is 1.11. The SMILES string of the molecule is CCC(C)NC(=O)CN1CCN(Cc2ccccc2)C1=O. The fourth-order valence-corrected chi connectivity index (χ4v) is 2.33. The topological polar surface area (TPSA) is 52.7 Å². The number of hydrogen-bond donors (Lipinski definition) is 1. The summed E-state index contributed by atoms with van der Waals surface area (Å²) in [6.45, 7) is 6.01. The Morgan fingerprint density at radius 2 is 1.90 bits per heavy atom. The van der Waals surface area contributed by atoms with E-state index < -0.39 is 0 Å². The fraction of sp³-hybridized carbons (Fsp3) is 0.500. The molecule has 1 N–H and O–H groups in total. The third kappa shape index (κ3) is 4.21. The molecule has 1 heterocycles. The summed E-state index contributed by atoms with van der Waals surface area (Å²) in [6, 6.07) is 9.99. The van der Waals surface area contributed by atoms with Gasteiger partial charge in [0.05, 0.1) is 0 Å². The smallest absolute Gasteiger partial charge is 0.320 e. The minimum atomic E-state index is -0.0840. The van der Waals surface area contributed by atoms with Crippen LogP contribution in [0.25, 0.3) is 0 Å². The molecule has 1 unspecified atom stereocenters. The molecular weight excluding hydrogens is 266 g/mol. The highest BCUT2D eigenvalue weighted by atomic mass is 16.2. The van der Waals surface area contributed by atoms with Crippen molar-refractivity contribution in [2.24, 2.45) is 0 Å². The summed E-state index contributed by atoms with van der Waals surface area (Å²) >= 11 is 0. The van der Waals surface area contributed by atoms with E-state index in [1.54, 1.807) is 9.80 Å². The minimum Gasteiger partial charge on any atom is -0.352 e. The summed E-state index contributed by atoms with van der Waals surface area (Å²) in [5.74, 6) is -0.0840. The predicted molar refractivity (Wildman–Crippen MR) is 81.7 cm³/mol. The van der Waals surface area contributed by atoms with Crippen LogP contribution in [0.1, 0.15) is 25.8 Å². The van der Waals surface area contributed by atoms with Gasteiger partial charge in [0.25, 0.3) is 0 Å². The van der Waals surface area contributed by atoms with Gasteiger partial charge in [-0.3, -0.25) is 4.79 Å². The second-order valence-electron chi connectivity index (χ2n) is 5.49. The highest BCUT2D eigenvalue weighted by Gasteiger charge is 2.29. The van der Waals surface area contributed by atoms with E-state index in [9.17, 15) is 9.59 Å². The van der Waals surface area contributed by atoms with Crippen molar-refractivity contribution in [3.05, 3.63) is 35.9 Å². The number of nitrogens with zero attached hydrogens (tertiary/aromatic N) is 2. The fourth-order valence-electron chi connectivity index (χ4n) is 2.33. The Morgan fingerprint density at radius 1 is 1.24 bits per heavy atom. The molecule has 1 aromatic carbocycles. The van der Waals surface area contributed by atoms with Crippen LogP contribution in [0.15, 0.2) is 30.3 Å². The maximum absolute atomic E-state index is 12.3. The minimum absolute atomic E-state index is 0.0573. The lowest BCUT2D eigenvalue weighted by Crippen LogP contribution is -2.42. The quantitative estimate of drug-likeness (QED) is 0.869. The lowest BCUT2D eigenvalue weighted by Gasteiger charge is -2.19. The Bertz CT molecular complexity index is 490. The van der Waals surface area contributed by atoms with E-state index in [1.165, 1.54) is 0 Å². The van der Waals surface area contributed by atoms with Gasteiger partial charge in [-0.15, -0.1) is 0 Å². The van der Waals surface area contributed by atoms with Crippen LogP contribution < -0.4 is 5.32 Å². The molecule has 21 heavy (non-hydrogen) atoms. The van der Waals surface area contributed by atoms with E-state index in [-0.39, 0.29) is 24.5 Å². The van der Waals surface area contributed by atoms with Crippen LogP contribution in [0.2, 0.25) is 0 Å². The number of carbonyl (C=O) groups is 2. The van der Waals surface area contributed by atoms with E-state index in [0.717, 1.165) is 12.0 Å². The van der Waals surface area contributed by atoms with E-state index >= 15 is 0 Å². The first kappa shape index (κ1) is 15.4. The normalized spacial score (nSPS) is 16.2. The number of amides is 3. The first-order chi connectivity index (χ1) is 10.1. The summed E-state index contributed by atoms with van der Waals surface area (Å²) in [4.78, 5) is 27.5. The van der Waals surface area contributed by atoms with E-state index in [0.29, 0.717) is 19.6 Å². The van der Waals surface area contributed by atoms with Crippen LogP contribution in [-0.4, -0.2) is 47.4 Å². The highest BCUT2D eigenvalue weighted by Crippen LogP contribution is 2.13. The molecule has 1 fully saturated rings. The van der Waals surface area contributed by atoms with Crippen LogP contribution in [0.5, 0.6) is 0 Å². The average Bonchev–Trinajstić information content (AvgIpc) is 2.81. The van der Waals surface area contributed by atoms with Crippen molar-refractivity contribution in [2.45, 2.75) is 32.9 Å². The first-order valence-electron chi connectivity index (χ1n) is 7.47. The third-order valence-electron chi connectivity index (χ3n) is 3.75. The van der Waals surface area contributed by atoms with Crippen molar-refractivity contribution < 1.29 is 9.59 Å². The molecule has 5 nitrogen and oxygen atoms in total. The van der Waals surface area contributed by atoms with Crippen LogP contribution in [0.4, 0.5) is 4.79 Å². The Labute approximate surface area is 125 Å². The van der Waals surface area contributed by atoms with Crippen molar-refractivity contribution >= 4 is 11.9 Å². The zero-order valence-corrected chi connectivity index (χ0v) is 12.7. The van der Waals surface area contributed by atoms with Gasteiger partial charge in [-0.2, -0.15) is 0 Å². The number of carbonyl (C=O) groups excluding carboxylic acids is 2. The van der Waals surface area contributed by atoms with E-state index in [4.69, 9.17) is 0 Å². The molecule has 1 saturated heterocycles. The molecule has 2 rings (SSSR count). The van der Waals surface area contributed by atoms with Gasteiger partial charge in [0.2, 0.25) is 5.91 Å². The number of rotatable bonds is 6. The maximum Gasteiger partial charge on any atom is 0.320 e. The molecule has 0 spiro atoms. The van der Waals surface area contributed by atoms with Crippen molar-refractivity contribution in [3.8, 4) is 0 Å². The van der Waals surface area contributed by atoms with Crippen LogP contribution >= 0.6 is 0 Å². The van der Waals surface area contributed by atoms with Gasteiger partial charge in [0.15, 0.2) is 0 Å². The number of benzene rings is 1. The average molecular weight is 289 g/mol. The molecule has 5 heteroatoms. The molecule has 0 aromatic heterocycles. The second kappa shape index (κ2) is 7.11. The molecule has 3 amide bonds. The van der Waals surface area contributed by atoms with Crippen molar-refractivity contribution in [1.82, 2.24) is 15.1 Å². The molecule has 0 saturated carbocycles. The summed E-state index contributed by atoms with van der Waals surface area (Å²) in [6.07, 6.45) is 0.889. The molecule has 114 valence electrons. The van der Waals surface area contributed by atoms with Gasteiger partial charge in [0.1, 0.15) is 6.54 Å². The van der Waals surface area contributed by atoms with Gasteiger partial charge in [-0.1, -0.05) is 37.3 Å². The highest BCUT2D eigenvalue weighted by molar-refractivity contribution is 5.85. The predicted octanol–water partition coefficient (Wildman–Crippen LogP) is 1.84. The van der Waals surface area contributed by atoms with Gasteiger partial charge in [-0.25, -0.2) is 4.79 Å². The molecule has 0 bridgehead atoms.